The van der Waals surface area contributed by atoms with Crippen LogP contribution in [0, 0.1) is 5.92 Å². The standard InChI is InChI=1S/C32H22ClN3O3/c33-22-16-14-20(15-17-22)29(38)27-26(28(37)19-8-2-1-3-9-19)32(24-12-6-7-13-25(24)35-31(32)39)30-23-11-5-4-10-21(23)18-34-36(27)30/h1-18,26-27,30H,(H,35,39)/t26-,27+,30-,32-/m1/s1. The second-order valence-corrected chi connectivity index (χ2v) is 10.5. The Kier molecular flexibility index (Phi) is 5.28. The summed E-state index contributed by atoms with van der Waals surface area (Å²) in [4.78, 5) is 43.3. The normalized spacial score (nSPS) is 24.2. The van der Waals surface area contributed by atoms with Gasteiger partial charge in [0.2, 0.25) is 5.91 Å². The van der Waals surface area contributed by atoms with Crippen molar-refractivity contribution in [1.29, 1.82) is 0 Å². The number of halogens is 1. The van der Waals surface area contributed by atoms with Crippen molar-refractivity contribution in [1.82, 2.24) is 5.01 Å². The van der Waals surface area contributed by atoms with E-state index in [1.54, 1.807) is 59.8 Å². The van der Waals surface area contributed by atoms with E-state index in [0.717, 1.165) is 11.1 Å². The Morgan fingerprint density at radius 3 is 2.26 bits per heavy atom. The number of hydrazone groups is 1. The summed E-state index contributed by atoms with van der Waals surface area (Å²) in [6, 6.07) is 28.9. The summed E-state index contributed by atoms with van der Waals surface area (Å²) in [7, 11) is 0. The molecule has 1 spiro atoms. The van der Waals surface area contributed by atoms with Crippen molar-refractivity contribution in [3.8, 4) is 0 Å². The predicted molar refractivity (Wildman–Crippen MR) is 149 cm³/mol. The first kappa shape index (κ1) is 23.6. The summed E-state index contributed by atoms with van der Waals surface area (Å²) in [6.07, 6.45) is 1.70. The topological polar surface area (TPSA) is 78.8 Å². The molecule has 7 rings (SSSR count). The monoisotopic (exact) mass is 531 g/mol. The lowest BCUT2D eigenvalue weighted by atomic mass is 9.62. The van der Waals surface area contributed by atoms with Gasteiger partial charge in [0.05, 0.1) is 18.2 Å². The van der Waals surface area contributed by atoms with E-state index in [1.165, 1.54) is 0 Å². The molecule has 3 aliphatic heterocycles. The first-order valence-electron chi connectivity index (χ1n) is 12.7. The van der Waals surface area contributed by atoms with Gasteiger partial charge in [-0.15, -0.1) is 0 Å². The van der Waals surface area contributed by atoms with E-state index in [0.29, 0.717) is 27.4 Å². The lowest BCUT2D eigenvalue weighted by Gasteiger charge is -2.37. The largest absolute Gasteiger partial charge is 0.325 e. The second-order valence-electron chi connectivity index (χ2n) is 10.0. The van der Waals surface area contributed by atoms with Gasteiger partial charge in [0.1, 0.15) is 11.5 Å². The Morgan fingerprint density at radius 1 is 0.795 bits per heavy atom. The molecule has 0 aromatic heterocycles. The molecule has 1 amide bonds. The molecule has 4 aromatic carbocycles. The summed E-state index contributed by atoms with van der Waals surface area (Å²) in [5, 5.41) is 9.98. The van der Waals surface area contributed by atoms with Crippen molar-refractivity contribution in [2.75, 3.05) is 5.32 Å². The highest BCUT2D eigenvalue weighted by molar-refractivity contribution is 6.30. The minimum atomic E-state index is -1.40. The summed E-state index contributed by atoms with van der Waals surface area (Å²) >= 11 is 6.12. The van der Waals surface area contributed by atoms with Crippen LogP contribution in [0.15, 0.2) is 108 Å². The average Bonchev–Trinajstić information content (AvgIpc) is 3.45. The van der Waals surface area contributed by atoms with Crippen LogP contribution in [0.4, 0.5) is 5.69 Å². The fraction of sp³-hybridized carbons (Fsp3) is 0.125. The number of carbonyl (C=O) groups is 3. The molecule has 0 saturated carbocycles. The molecule has 4 atom stereocenters. The highest BCUT2D eigenvalue weighted by atomic mass is 35.5. The SMILES string of the molecule is O=C(c1ccc(Cl)cc1)[C@@H]1[C@H](C(=O)c2ccccc2)[C@@]2(C(=O)Nc3ccccc32)[C@H]2c3ccccc3C=NN12. The van der Waals surface area contributed by atoms with E-state index in [9.17, 15) is 14.4 Å². The lowest BCUT2D eigenvalue weighted by molar-refractivity contribution is -0.122. The zero-order valence-corrected chi connectivity index (χ0v) is 21.4. The van der Waals surface area contributed by atoms with Crippen LogP contribution in [-0.4, -0.2) is 34.7 Å². The number of carbonyl (C=O) groups excluding carboxylic acids is 3. The maximum atomic E-state index is 14.6. The molecule has 4 aromatic rings. The fourth-order valence-electron chi connectivity index (χ4n) is 6.54. The van der Waals surface area contributed by atoms with Gasteiger partial charge < -0.3 is 5.32 Å². The summed E-state index contributed by atoms with van der Waals surface area (Å²) < 4.78 is 0. The smallest absolute Gasteiger partial charge is 0.238 e. The number of para-hydroxylation sites is 1. The van der Waals surface area contributed by atoms with Crippen LogP contribution in [0.5, 0.6) is 0 Å². The van der Waals surface area contributed by atoms with Gasteiger partial charge in [0.15, 0.2) is 11.6 Å². The Morgan fingerprint density at radius 2 is 1.46 bits per heavy atom. The number of Topliss-reactive ketones (excluding diaryl/α,β-unsaturated/α-hetero) is 2. The molecule has 3 heterocycles. The van der Waals surface area contributed by atoms with Crippen molar-refractivity contribution >= 4 is 41.0 Å². The molecule has 1 saturated heterocycles. The lowest BCUT2D eigenvalue weighted by Crippen LogP contribution is -2.49. The Hall–Kier alpha value is -4.55. The molecular formula is C32H22ClN3O3. The quantitative estimate of drug-likeness (QED) is 0.343. The van der Waals surface area contributed by atoms with E-state index in [4.69, 9.17) is 16.7 Å². The second kappa shape index (κ2) is 8.75. The number of benzene rings is 4. The maximum absolute atomic E-state index is 14.6. The van der Waals surface area contributed by atoms with E-state index in [-0.39, 0.29) is 17.5 Å². The number of amides is 1. The Balaban J connectivity index is 1.54. The van der Waals surface area contributed by atoms with Crippen LogP contribution >= 0.6 is 11.6 Å². The molecule has 7 heteroatoms. The molecule has 1 fully saturated rings. The van der Waals surface area contributed by atoms with Crippen molar-refractivity contribution in [3.05, 3.63) is 136 Å². The highest BCUT2D eigenvalue weighted by Crippen LogP contribution is 2.61. The van der Waals surface area contributed by atoms with E-state index >= 15 is 0 Å². The van der Waals surface area contributed by atoms with Crippen LogP contribution in [0.1, 0.15) is 43.4 Å². The molecule has 0 bridgehead atoms. The minimum Gasteiger partial charge on any atom is -0.325 e. The minimum absolute atomic E-state index is 0.281. The summed E-state index contributed by atoms with van der Waals surface area (Å²) in [5.74, 6) is -1.94. The molecule has 3 aliphatic rings. The van der Waals surface area contributed by atoms with E-state index < -0.39 is 23.4 Å². The van der Waals surface area contributed by atoms with Gasteiger partial charge in [-0.2, -0.15) is 5.10 Å². The van der Waals surface area contributed by atoms with Gasteiger partial charge in [-0.1, -0.05) is 84.4 Å². The fourth-order valence-corrected chi connectivity index (χ4v) is 6.67. The van der Waals surface area contributed by atoms with Crippen LogP contribution in [0.3, 0.4) is 0 Å². The number of nitrogens with one attached hydrogen (secondary N) is 1. The van der Waals surface area contributed by atoms with E-state index in [1.807, 2.05) is 54.6 Å². The van der Waals surface area contributed by atoms with Gasteiger partial charge in [-0.25, -0.2) is 0 Å². The van der Waals surface area contributed by atoms with Crippen LogP contribution in [-0.2, 0) is 10.2 Å². The number of hydrogen-bond donors (Lipinski definition) is 1. The van der Waals surface area contributed by atoms with Crippen LogP contribution < -0.4 is 5.32 Å². The molecule has 1 N–H and O–H groups in total. The predicted octanol–water partition coefficient (Wildman–Crippen LogP) is 5.68. The summed E-state index contributed by atoms with van der Waals surface area (Å²) in [5.41, 5.74) is 2.45. The van der Waals surface area contributed by atoms with Gasteiger partial charge in [0.25, 0.3) is 0 Å². The number of nitrogens with zero attached hydrogens (tertiary/aromatic N) is 2. The number of ketones is 2. The Bertz CT molecular complexity index is 1680. The van der Waals surface area contributed by atoms with Gasteiger partial charge in [0, 0.05) is 21.8 Å². The van der Waals surface area contributed by atoms with Crippen molar-refractivity contribution < 1.29 is 14.4 Å². The first-order valence-corrected chi connectivity index (χ1v) is 13.1. The average molecular weight is 532 g/mol. The molecule has 6 nitrogen and oxygen atoms in total. The number of anilines is 1. The summed E-state index contributed by atoms with van der Waals surface area (Å²) in [6.45, 7) is 0. The number of fused-ring (bicyclic) bond motifs is 6. The van der Waals surface area contributed by atoms with Crippen molar-refractivity contribution in [3.63, 3.8) is 0 Å². The number of rotatable bonds is 4. The zero-order chi connectivity index (χ0) is 26.7. The van der Waals surface area contributed by atoms with E-state index in [2.05, 4.69) is 5.32 Å². The number of hydrogen-bond acceptors (Lipinski definition) is 5. The van der Waals surface area contributed by atoms with Crippen LogP contribution in [0.2, 0.25) is 5.02 Å². The van der Waals surface area contributed by atoms with Crippen molar-refractivity contribution in [2.24, 2.45) is 11.0 Å². The maximum Gasteiger partial charge on any atom is 0.238 e. The molecule has 0 radical (unpaired) electrons. The third kappa shape index (κ3) is 3.28. The molecular weight excluding hydrogens is 510 g/mol. The molecule has 190 valence electrons. The molecule has 0 unspecified atom stereocenters. The third-order valence-electron chi connectivity index (χ3n) is 8.14. The third-order valence-corrected chi connectivity index (χ3v) is 8.39. The first-order chi connectivity index (χ1) is 19.0. The van der Waals surface area contributed by atoms with Gasteiger partial charge in [-0.3, -0.25) is 19.4 Å². The van der Waals surface area contributed by atoms with Crippen LogP contribution in [0.25, 0.3) is 0 Å². The Labute approximate surface area is 229 Å². The van der Waals surface area contributed by atoms with Gasteiger partial charge in [-0.05, 0) is 47.0 Å². The van der Waals surface area contributed by atoms with Crippen molar-refractivity contribution in [2.45, 2.75) is 17.5 Å². The zero-order valence-electron chi connectivity index (χ0n) is 20.6. The molecule has 39 heavy (non-hydrogen) atoms. The highest BCUT2D eigenvalue weighted by Gasteiger charge is 2.71. The van der Waals surface area contributed by atoms with Gasteiger partial charge >= 0.3 is 0 Å². The molecule has 0 aliphatic carbocycles.